The largest absolute Gasteiger partial charge is 0.378 e. The summed E-state index contributed by atoms with van der Waals surface area (Å²) >= 11 is 0. The molecule has 0 unspecified atom stereocenters. The Kier molecular flexibility index (Phi) is 6.11. The number of benzene rings is 1. The van der Waals surface area contributed by atoms with Crippen LogP contribution in [-0.2, 0) is 0 Å². The first-order valence-corrected chi connectivity index (χ1v) is 10.7. The van der Waals surface area contributed by atoms with Gasteiger partial charge in [0, 0.05) is 31.9 Å². The summed E-state index contributed by atoms with van der Waals surface area (Å²) in [6.45, 7) is 3.54. The van der Waals surface area contributed by atoms with Crippen LogP contribution >= 0.6 is 0 Å². The maximum absolute atomic E-state index is 11.8. The van der Waals surface area contributed by atoms with Crippen LogP contribution in [0.5, 0.6) is 0 Å². The number of nitrogen functional groups attached to an aromatic ring is 1. The molecule has 3 heterocycles. The molecular formula is C22H28N6O2. The topological polar surface area (TPSA) is 101 Å². The molecule has 4 rings (SSSR count). The number of aromatic nitrogens is 2. The molecule has 0 atom stereocenters. The highest BCUT2D eigenvalue weighted by atomic mass is 16.6. The third kappa shape index (κ3) is 4.37. The summed E-state index contributed by atoms with van der Waals surface area (Å²) in [5.41, 5.74) is 8.08. The lowest BCUT2D eigenvalue weighted by Gasteiger charge is -2.31. The number of anilines is 2. The maximum atomic E-state index is 11.8. The van der Waals surface area contributed by atoms with Crippen molar-refractivity contribution in [2.24, 2.45) is 0 Å². The second-order valence-corrected chi connectivity index (χ2v) is 7.89. The molecule has 1 aromatic heterocycles. The average Bonchev–Trinajstić information content (AvgIpc) is 2.78. The lowest BCUT2D eigenvalue weighted by atomic mass is 10.0. The normalized spacial score (nSPS) is 17.8. The monoisotopic (exact) mass is 408 g/mol. The number of piperidine rings is 2. The third-order valence-corrected chi connectivity index (χ3v) is 5.79. The quantitative estimate of drug-likeness (QED) is 0.590. The summed E-state index contributed by atoms with van der Waals surface area (Å²) in [5, 5.41) is 11.8. The van der Waals surface area contributed by atoms with E-state index in [9.17, 15) is 10.1 Å². The van der Waals surface area contributed by atoms with E-state index in [2.05, 4.69) is 19.8 Å². The zero-order valence-corrected chi connectivity index (χ0v) is 17.2. The number of nitrogens with two attached hydrogens (primary N) is 1. The summed E-state index contributed by atoms with van der Waals surface area (Å²) in [7, 11) is 0. The molecule has 2 N–H and O–H groups in total. The summed E-state index contributed by atoms with van der Waals surface area (Å²) in [6, 6.07) is 9.99. The molecule has 158 valence electrons. The third-order valence-electron chi connectivity index (χ3n) is 5.79. The van der Waals surface area contributed by atoms with Crippen LogP contribution in [0.15, 0.2) is 30.3 Å². The highest BCUT2D eigenvalue weighted by molar-refractivity contribution is 5.84. The number of rotatable bonds is 5. The Bertz CT molecular complexity index is 919. The fourth-order valence-corrected chi connectivity index (χ4v) is 4.23. The van der Waals surface area contributed by atoms with Crippen molar-refractivity contribution in [3.05, 3.63) is 51.7 Å². The number of hydrogen-bond acceptors (Lipinski definition) is 7. The Morgan fingerprint density at radius 1 is 0.967 bits per heavy atom. The van der Waals surface area contributed by atoms with Gasteiger partial charge in [-0.25, -0.2) is 4.98 Å². The Morgan fingerprint density at radius 3 is 2.23 bits per heavy atom. The minimum Gasteiger partial charge on any atom is -0.378 e. The van der Waals surface area contributed by atoms with Gasteiger partial charge in [-0.3, -0.25) is 10.1 Å². The molecule has 0 amide bonds. The molecule has 2 aromatic rings. The van der Waals surface area contributed by atoms with Gasteiger partial charge >= 0.3 is 5.69 Å². The van der Waals surface area contributed by atoms with Gasteiger partial charge in [0.05, 0.1) is 4.92 Å². The summed E-state index contributed by atoms with van der Waals surface area (Å²) in [5.74, 6) is 0.406. The highest BCUT2D eigenvalue weighted by Gasteiger charge is 2.26. The highest BCUT2D eigenvalue weighted by Crippen LogP contribution is 2.32. The van der Waals surface area contributed by atoms with Crippen molar-refractivity contribution >= 4 is 29.2 Å². The van der Waals surface area contributed by atoms with Gasteiger partial charge in [0.2, 0.25) is 11.8 Å². The van der Waals surface area contributed by atoms with Crippen LogP contribution in [-0.4, -0.2) is 46.0 Å². The van der Waals surface area contributed by atoms with E-state index in [4.69, 9.17) is 5.73 Å². The van der Waals surface area contributed by atoms with E-state index in [-0.39, 0.29) is 17.2 Å². The fraction of sp³-hybridized carbons (Fsp3) is 0.455. The Morgan fingerprint density at radius 2 is 1.60 bits per heavy atom. The first-order valence-electron chi connectivity index (χ1n) is 10.7. The van der Waals surface area contributed by atoms with Crippen molar-refractivity contribution in [1.29, 1.82) is 0 Å². The van der Waals surface area contributed by atoms with Crippen molar-refractivity contribution in [2.45, 2.75) is 38.5 Å². The lowest BCUT2D eigenvalue weighted by Crippen LogP contribution is -2.31. The van der Waals surface area contributed by atoms with Crippen molar-refractivity contribution in [2.75, 3.05) is 36.8 Å². The number of likely N-dealkylation sites (tertiary alicyclic amines) is 1. The van der Waals surface area contributed by atoms with Crippen LogP contribution < -0.4 is 10.6 Å². The standard InChI is InChI=1S/C22H28N6O2/c23-21-20(28(29)30)18(24-22(25-21)27-14-8-3-9-15-27)16-19(17-10-4-1-5-11-17)26-12-6-2-7-13-26/h1,4-5,10-11,16H,2-3,6-9,12-15H2,(H2,23,24,25)/b19-16+. The maximum Gasteiger partial charge on any atom is 0.336 e. The molecule has 2 aliphatic heterocycles. The average molecular weight is 409 g/mol. The number of hydrogen-bond donors (Lipinski definition) is 1. The molecule has 8 heteroatoms. The van der Waals surface area contributed by atoms with Crippen LogP contribution in [0.3, 0.4) is 0 Å². The Labute approximate surface area is 176 Å². The molecule has 0 aliphatic carbocycles. The predicted molar refractivity (Wildman–Crippen MR) is 119 cm³/mol. The van der Waals surface area contributed by atoms with Gasteiger partial charge in [-0.15, -0.1) is 0 Å². The predicted octanol–water partition coefficient (Wildman–Crippen LogP) is 3.94. The molecule has 30 heavy (non-hydrogen) atoms. The summed E-state index contributed by atoms with van der Waals surface area (Å²) in [6.07, 6.45) is 8.55. The molecule has 0 radical (unpaired) electrons. The van der Waals surface area contributed by atoms with Crippen molar-refractivity contribution in [1.82, 2.24) is 14.9 Å². The van der Waals surface area contributed by atoms with E-state index in [0.717, 1.165) is 63.1 Å². The molecule has 2 fully saturated rings. The molecule has 0 spiro atoms. The zero-order valence-electron chi connectivity index (χ0n) is 17.2. The van der Waals surface area contributed by atoms with E-state index < -0.39 is 4.92 Å². The fourth-order valence-electron chi connectivity index (χ4n) is 4.23. The smallest absolute Gasteiger partial charge is 0.336 e. The van der Waals surface area contributed by atoms with Crippen LogP contribution in [0, 0.1) is 10.1 Å². The van der Waals surface area contributed by atoms with Crippen molar-refractivity contribution in [3.8, 4) is 0 Å². The summed E-state index contributed by atoms with van der Waals surface area (Å²) < 4.78 is 0. The number of nitro groups is 1. The molecule has 8 nitrogen and oxygen atoms in total. The van der Waals surface area contributed by atoms with E-state index in [1.54, 1.807) is 0 Å². The first-order chi connectivity index (χ1) is 14.6. The Hall–Kier alpha value is -3.16. The Balaban J connectivity index is 1.82. The van der Waals surface area contributed by atoms with Crippen LogP contribution in [0.4, 0.5) is 17.5 Å². The zero-order chi connectivity index (χ0) is 20.9. The molecule has 1 aromatic carbocycles. The van der Waals surface area contributed by atoms with Crippen molar-refractivity contribution < 1.29 is 4.92 Å². The van der Waals surface area contributed by atoms with Gasteiger partial charge in [0.25, 0.3) is 0 Å². The minimum absolute atomic E-state index is 0.0760. The van der Waals surface area contributed by atoms with Gasteiger partial charge in [-0.2, -0.15) is 4.98 Å². The van der Waals surface area contributed by atoms with E-state index in [1.165, 1.54) is 12.8 Å². The van der Waals surface area contributed by atoms with Crippen LogP contribution in [0.25, 0.3) is 11.8 Å². The minimum atomic E-state index is -0.472. The molecule has 0 bridgehead atoms. The van der Waals surface area contributed by atoms with Gasteiger partial charge in [-0.05, 0) is 50.2 Å². The van der Waals surface area contributed by atoms with Crippen LogP contribution in [0.2, 0.25) is 0 Å². The lowest BCUT2D eigenvalue weighted by molar-refractivity contribution is -0.384. The SMILES string of the molecule is Nc1nc(N2CCCCC2)nc(/C=C(\c2ccccc2)N2CCCCC2)c1[N+](=O)[O-]. The van der Waals surface area contributed by atoms with Crippen LogP contribution in [0.1, 0.15) is 49.8 Å². The van der Waals surface area contributed by atoms with Gasteiger partial charge < -0.3 is 15.5 Å². The van der Waals surface area contributed by atoms with E-state index in [0.29, 0.717) is 5.95 Å². The number of nitrogens with zero attached hydrogens (tertiary/aromatic N) is 5. The molecular weight excluding hydrogens is 380 g/mol. The second-order valence-electron chi connectivity index (χ2n) is 7.89. The summed E-state index contributed by atoms with van der Waals surface area (Å²) in [4.78, 5) is 24.6. The second kappa shape index (κ2) is 9.11. The molecule has 2 saturated heterocycles. The first kappa shape index (κ1) is 20.1. The molecule has 0 saturated carbocycles. The van der Waals surface area contributed by atoms with Crippen molar-refractivity contribution in [3.63, 3.8) is 0 Å². The van der Waals surface area contributed by atoms with E-state index >= 15 is 0 Å². The van der Waals surface area contributed by atoms with Gasteiger partial charge in [-0.1, -0.05) is 30.3 Å². The van der Waals surface area contributed by atoms with E-state index in [1.807, 2.05) is 36.4 Å². The van der Waals surface area contributed by atoms with Gasteiger partial charge in [0.1, 0.15) is 0 Å². The molecule has 2 aliphatic rings. The van der Waals surface area contributed by atoms with Gasteiger partial charge in [0.15, 0.2) is 5.69 Å².